The highest BCUT2D eigenvalue weighted by atomic mass is 35.5. The molecule has 0 aliphatic heterocycles. The SMILES string of the molecule is Nc1ccc(Cl)c(C(N)CCO)c1. The van der Waals surface area contributed by atoms with Crippen LogP contribution < -0.4 is 11.5 Å². The Morgan fingerprint density at radius 1 is 1.46 bits per heavy atom. The highest BCUT2D eigenvalue weighted by Crippen LogP contribution is 2.25. The molecule has 0 bridgehead atoms. The maximum absolute atomic E-state index is 8.70. The molecule has 1 unspecified atom stereocenters. The highest BCUT2D eigenvalue weighted by molar-refractivity contribution is 6.31. The minimum atomic E-state index is -0.249. The quantitative estimate of drug-likeness (QED) is 0.645. The first-order valence-corrected chi connectivity index (χ1v) is 4.44. The molecule has 0 aliphatic rings. The zero-order valence-corrected chi connectivity index (χ0v) is 7.96. The van der Waals surface area contributed by atoms with Gasteiger partial charge in [0, 0.05) is 23.4 Å². The van der Waals surface area contributed by atoms with Crippen LogP contribution in [0, 0.1) is 0 Å². The van der Waals surface area contributed by atoms with Crippen LogP contribution in [0.5, 0.6) is 0 Å². The van der Waals surface area contributed by atoms with E-state index in [1.54, 1.807) is 18.2 Å². The van der Waals surface area contributed by atoms with E-state index in [0.29, 0.717) is 17.1 Å². The van der Waals surface area contributed by atoms with Crippen LogP contribution in [0.3, 0.4) is 0 Å². The molecule has 3 nitrogen and oxygen atoms in total. The zero-order chi connectivity index (χ0) is 9.84. The number of anilines is 1. The van der Waals surface area contributed by atoms with Crippen molar-refractivity contribution >= 4 is 17.3 Å². The van der Waals surface area contributed by atoms with E-state index in [0.717, 1.165) is 5.56 Å². The van der Waals surface area contributed by atoms with Gasteiger partial charge < -0.3 is 16.6 Å². The number of hydrogen-bond donors (Lipinski definition) is 3. The molecular weight excluding hydrogens is 188 g/mol. The van der Waals surface area contributed by atoms with Crippen molar-refractivity contribution < 1.29 is 5.11 Å². The fraction of sp³-hybridized carbons (Fsp3) is 0.333. The first-order valence-electron chi connectivity index (χ1n) is 4.06. The standard InChI is InChI=1S/C9H13ClN2O/c10-8-2-1-6(11)5-7(8)9(12)3-4-13/h1-2,5,9,13H,3-4,11-12H2. The Hall–Kier alpha value is -0.770. The lowest BCUT2D eigenvalue weighted by Gasteiger charge is -2.12. The Bertz CT molecular complexity index is 291. The van der Waals surface area contributed by atoms with E-state index in [-0.39, 0.29) is 12.6 Å². The lowest BCUT2D eigenvalue weighted by molar-refractivity contribution is 0.276. The number of hydrogen-bond acceptors (Lipinski definition) is 3. The van der Waals surface area contributed by atoms with Gasteiger partial charge in [-0.3, -0.25) is 0 Å². The summed E-state index contributed by atoms with van der Waals surface area (Å²) < 4.78 is 0. The summed E-state index contributed by atoms with van der Waals surface area (Å²) >= 11 is 5.91. The van der Waals surface area contributed by atoms with Crippen LogP contribution in [0.1, 0.15) is 18.0 Å². The lowest BCUT2D eigenvalue weighted by Crippen LogP contribution is -2.12. The van der Waals surface area contributed by atoms with Crippen molar-refractivity contribution in [3.63, 3.8) is 0 Å². The monoisotopic (exact) mass is 200 g/mol. The molecule has 5 N–H and O–H groups in total. The summed E-state index contributed by atoms with van der Waals surface area (Å²) in [7, 11) is 0. The molecule has 1 aromatic rings. The van der Waals surface area contributed by atoms with E-state index in [1.807, 2.05) is 0 Å². The molecule has 0 amide bonds. The number of rotatable bonds is 3. The molecule has 0 saturated carbocycles. The maximum atomic E-state index is 8.70. The van der Waals surface area contributed by atoms with Gasteiger partial charge in [-0.15, -0.1) is 0 Å². The summed E-state index contributed by atoms with van der Waals surface area (Å²) in [4.78, 5) is 0. The Balaban J connectivity index is 2.91. The predicted molar refractivity (Wildman–Crippen MR) is 54.5 cm³/mol. The third-order valence-electron chi connectivity index (χ3n) is 1.86. The van der Waals surface area contributed by atoms with Crippen molar-refractivity contribution in [3.05, 3.63) is 28.8 Å². The third-order valence-corrected chi connectivity index (χ3v) is 2.20. The molecule has 0 fully saturated rings. The smallest absolute Gasteiger partial charge is 0.0455 e. The largest absolute Gasteiger partial charge is 0.399 e. The van der Waals surface area contributed by atoms with E-state index in [9.17, 15) is 0 Å². The molecule has 0 spiro atoms. The number of nitrogen functional groups attached to an aromatic ring is 1. The van der Waals surface area contributed by atoms with Gasteiger partial charge in [0.05, 0.1) is 0 Å². The number of benzene rings is 1. The van der Waals surface area contributed by atoms with Crippen molar-refractivity contribution in [2.45, 2.75) is 12.5 Å². The maximum Gasteiger partial charge on any atom is 0.0455 e. The summed E-state index contributed by atoms with van der Waals surface area (Å²) in [5, 5.41) is 9.30. The van der Waals surface area contributed by atoms with Gasteiger partial charge in [-0.05, 0) is 30.2 Å². The van der Waals surface area contributed by atoms with Crippen molar-refractivity contribution in [1.82, 2.24) is 0 Å². The van der Waals surface area contributed by atoms with Gasteiger partial charge in [0.1, 0.15) is 0 Å². The fourth-order valence-electron chi connectivity index (χ4n) is 1.14. The Labute approximate surface area is 82.3 Å². The Kier molecular flexibility index (Phi) is 3.54. The topological polar surface area (TPSA) is 72.3 Å². The highest BCUT2D eigenvalue weighted by Gasteiger charge is 2.09. The van der Waals surface area contributed by atoms with Crippen molar-refractivity contribution in [3.8, 4) is 0 Å². The first kappa shape index (κ1) is 10.3. The van der Waals surface area contributed by atoms with E-state index in [1.165, 1.54) is 0 Å². The van der Waals surface area contributed by atoms with Crippen LogP contribution in [0.4, 0.5) is 5.69 Å². The van der Waals surface area contributed by atoms with Gasteiger partial charge in [-0.25, -0.2) is 0 Å². The third kappa shape index (κ3) is 2.59. The Morgan fingerprint density at radius 3 is 2.77 bits per heavy atom. The molecule has 1 atom stereocenters. The van der Waals surface area contributed by atoms with E-state index in [2.05, 4.69) is 0 Å². The lowest BCUT2D eigenvalue weighted by atomic mass is 10.0. The number of nitrogens with two attached hydrogens (primary N) is 2. The minimum Gasteiger partial charge on any atom is -0.399 e. The molecule has 0 heterocycles. The summed E-state index contributed by atoms with van der Waals surface area (Å²) in [5.74, 6) is 0. The van der Waals surface area contributed by atoms with Gasteiger partial charge in [-0.1, -0.05) is 11.6 Å². The number of halogens is 1. The fourth-order valence-corrected chi connectivity index (χ4v) is 1.40. The second kappa shape index (κ2) is 4.46. The molecule has 1 aromatic carbocycles. The second-order valence-electron chi connectivity index (χ2n) is 2.90. The van der Waals surface area contributed by atoms with Gasteiger partial charge >= 0.3 is 0 Å². The Morgan fingerprint density at radius 2 is 2.15 bits per heavy atom. The number of aliphatic hydroxyl groups is 1. The minimum absolute atomic E-state index is 0.0479. The summed E-state index contributed by atoms with van der Waals surface area (Å²) in [5.41, 5.74) is 12.8. The molecule has 4 heteroatoms. The molecular formula is C9H13ClN2O. The normalized spacial score (nSPS) is 12.8. The molecule has 13 heavy (non-hydrogen) atoms. The number of aliphatic hydroxyl groups excluding tert-OH is 1. The molecule has 72 valence electrons. The van der Waals surface area contributed by atoms with Crippen molar-refractivity contribution in [2.75, 3.05) is 12.3 Å². The van der Waals surface area contributed by atoms with Crippen LogP contribution in [0.15, 0.2) is 18.2 Å². The van der Waals surface area contributed by atoms with Gasteiger partial charge in [-0.2, -0.15) is 0 Å². The summed E-state index contributed by atoms with van der Waals surface area (Å²) in [6, 6.07) is 4.92. The van der Waals surface area contributed by atoms with Gasteiger partial charge in [0.15, 0.2) is 0 Å². The molecule has 0 aliphatic carbocycles. The van der Waals surface area contributed by atoms with Crippen LogP contribution in [0.2, 0.25) is 5.02 Å². The molecule has 0 radical (unpaired) electrons. The average molecular weight is 201 g/mol. The van der Waals surface area contributed by atoms with Crippen LogP contribution in [0.25, 0.3) is 0 Å². The predicted octanol–water partition coefficient (Wildman–Crippen LogP) is 1.30. The molecule has 0 aromatic heterocycles. The van der Waals surface area contributed by atoms with Crippen molar-refractivity contribution in [1.29, 1.82) is 0 Å². The van der Waals surface area contributed by atoms with Gasteiger partial charge in [0.25, 0.3) is 0 Å². The van der Waals surface area contributed by atoms with Crippen LogP contribution in [-0.2, 0) is 0 Å². The van der Waals surface area contributed by atoms with Crippen LogP contribution in [-0.4, -0.2) is 11.7 Å². The van der Waals surface area contributed by atoms with Crippen LogP contribution >= 0.6 is 11.6 Å². The van der Waals surface area contributed by atoms with E-state index < -0.39 is 0 Å². The first-order chi connectivity index (χ1) is 6.15. The zero-order valence-electron chi connectivity index (χ0n) is 7.20. The molecule has 0 saturated heterocycles. The average Bonchev–Trinajstić information content (AvgIpc) is 2.09. The summed E-state index contributed by atoms with van der Waals surface area (Å²) in [6.45, 7) is 0.0479. The summed E-state index contributed by atoms with van der Waals surface area (Å²) in [6.07, 6.45) is 0.489. The van der Waals surface area contributed by atoms with E-state index >= 15 is 0 Å². The second-order valence-corrected chi connectivity index (χ2v) is 3.31. The van der Waals surface area contributed by atoms with Gasteiger partial charge in [0.2, 0.25) is 0 Å². The van der Waals surface area contributed by atoms with Crippen molar-refractivity contribution in [2.24, 2.45) is 5.73 Å². The van der Waals surface area contributed by atoms with E-state index in [4.69, 9.17) is 28.2 Å². The molecule has 1 rings (SSSR count).